The Bertz CT molecular complexity index is 635. The lowest BCUT2D eigenvalue weighted by Crippen LogP contribution is -2.47. The molecular weight excluding hydrogens is 314 g/mol. The normalized spacial score (nSPS) is 20.7. The average molecular weight is 339 g/mol. The first-order chi connectivity index (χ1) is 12.1. The zero-order chi connectivity index (χ0) is 17.6. The highest BCUT2D eigenvalue weighted by atomic mass is 16.5. The molecule has 0 aliphatic carbocycles. The van der Waals surface area contributed by atoms with Gasteiger partial charge in [-0.15, -0.1) is 0 Å². The molecule has 132 valence electrons. The fourth-order valence-corrected chi connectivity index (χ4v) is 3.16. The lowest BCUT2D eigenvalue weighted by molar-refractivity contribution is -0.141. The number of aliphatic hydroxyl groups excluding tert-OH is 1. The fraction of sp³-hybridized carbons (Fsp3) is 0.381. The van der Waals surface area contributed by atoms with E-state index in [4.69, 9.17) is 4.74 Å². The molecule has 1 N–H and O–H groups in total. The first-order valence-electron chi connectivity index (χ1n) is 8.82. The Morgan fingerprint density at radius 2 is 1.68 bits per heavy atom. The molecule has 1 aliphatic rings. The van der Waals surface area contributed by atoms with Gasteiger partial charge in [-0.2, -0.15) is 0 Å². The maximum atomic E-state index is 12.5. The number of carbonyl (C=O) groups is 1. The zero-order valence-corrected chi connectivity index (χ0v) is 14.5. The van der Waals surface area contributed by atoms with Crippen LogP contribution in [0.4, 0.5) is 0 Å². The van der Waals surface area contributed by atoms with E-state index >= 15 is 0 Å². The molecule has 0 bridgehead atoms. The van der Waals surface area contributed by atoms with Gasteiger partial charge in [0.2, 0.25) is 5.91 Å². The molecule has 0 spiro atoms. The Morgan fingerprint density at radius 1 is 1.12 bits per heavy atom. The average Bonchev–Trinajstić information content (AvgIpc) is 2.66. The highest BCUT2D eigenvalue weighted by Crippen LogP contribution is 2.26. The smallest absolute Gasteiger partial charge is 0.248 e. The summed E-state index contributed by atoms with van der Waals surface area (Å²) in [6.45, 7) is 3.10. The Balaban J connectivity index is 1.68. The Kier molecular flexibility index (Phi) is 5.84. The topological polar surface area (TPSA) is 49.8 Å². The van der Waals surface area contributed by atoms with Crippen LogP contribution in [0.2, 0.25) is 0 Å². The Morgan fingerprint density at radius 3 is 2.20 bits per heavy atom. The molecule has 2 aromatic carbocycles. The van der Waals surface area contributed by atoms with Crippen molar-refractivity contribution in [3.63, 3.8) is 0 Å². The van der Waals surface area contributed by atoms with Gasteiger partial charge in [0, 0.05) is 13.1 Å². The third-order valence-electron chi connectivity index (χ3n) is 4.85. The van der Waals surface area contributed by atoms with Crippen molar-refractivity contribution >= 4 is 5.91 Å². The maximum absolute atomic E-state index is 12.5. The molecule has 1 aliphatic heterocycles. The molecule has 3 rings (SSSR count). The van der Waals surface area contributed by atoms with Gasteiger partial charge >= 0.3 is 0 Å². The van der Waals surface area contributed by atoms with Gasteiger partial charge in [-0.1, -0.05) is 67.6 Å². The number of piperidine rings is 1. The van der Waals surface area contributed by atoms with Crippen LogP contribution in [0.1, 0.15) is 30.6 Å². The fourth-order valence-electron chi connectivity index (χ4n) is 3.16. The number of nitrogens with zero attached hydrogens (tertiary/aromatic N) is 1. The summed E-state index contributed by atoms with van der Waals surface area (Å²) in [7, 11) is 0. The zero-order valence-electron chi connectivity index (χ0n) is 14.5. The number of hydrogen-bond acceptors (Lipinski definition) is 3. The van der Waals surface area contributed by atoms with Gasteiger partial charge in [0.05, 0.1) is 6.10 Å². The van der Waals surface area contributed by atoms with Crippen LogP contribution < -0.4 is 0 Å². The monoisotopic (exact) mass is 339 g/mol. The van der Waals surface area contributed by atoms with Crippen molar-refractivity contribution in [3.05, 3.63) is 71.8 Å². The quantitative estimate of drug-likeness (QED) is 0.911. The molecule has 1 saturated heterocycles. The van der Waals surface area contributed by atoms with E-state index in [1.807, 2.05) is 67.6 Å². The van der Waals surface area contributed by atoms with Crippen molar-refractivity contribution in [1.29, 1.82) is 0 Å². The SMILES string of the molecule is CC1CCN(C(=O)COC(c2ccccc2)c2ccccc2)CC1O. The van der Waals surface area contributed by atoms with Crippen molar-refractivity contribution < 1.29 is 14.6 Å². The van der Waals surface area contributed by atoms with Gasteiger partial charge in [-0.25, -0.2) is 0 Å². The van der Waals surface area contributed by atoms with Crippen molar-refractivity contribution in [3.8, 4) is 0 Å². The number of likely N-dealkylation sites (tertiary alicyclic amines) is 1. The van der Waals surface area contributed by atoms with Crippen molar-refractivity contribution in [2.45, 2.75) is 25.6 Å². The summed E-state index contributed by atoms with van der Waals surface area (Å²) in [5, 5.41) is 10.00. The summed E-state index contributed by atoms with van der Waals surface area (Å²) < 4.78 is 6.02. The molecule has 4 heteroatoms. The molecule has 4 nitrogen and oxygen atoms in total. The predicted octanol–water partition coefficient (Wildman–Crippen LogP) is 3.02. The summed E-state index contributed by atoms with van der Waals surface area (Å²) in [4.78, 5) is 14.2. The van der Waals surface area contributed by atoms with Crippen molar-refractivity contribution in [2.75, 3.05) is 19.7 Å². The van der Waals surface area contributed by atoms with Crippen LogP contribution in [-0.4, -0.2) is 41.7 Å². The van der Waals surface area contributed by atoms with Crippen LogP contribution in [0.25, 0.3) is 0 Å². The largest absolute Gasteiger partial charge is 0.391 e. The summed E-state index contributed by atoms with van der Waals surface area (Å²) in [6, 6.07) is 19.8. The maximum Gasteiger partial charge on any atom is 0.248 e. The molecule has 1 heterocycles. The standard InChI is InChI=1S/C21H25NO3/c1-16-12-13-22(14-19(16)23)20(24)15-25-21(17-8-4-2-5-9-17)18-10-6-3-7-11-18/h2-11,16,19,21,23H,12-15H2,1H3. The van der Waals surface area contributed by atoms with Crippen molar-refractivity contribution in [2.24, 2.45) is 5.92 Å². The minimum Gasteiger partial charge on any atom is -0.391 e. The summed E-state index contributed by atoms with van der Waals surface area (Å²) in [6.07, 6.45) is 0.102. The van der Waals surface area contributed by atoms with Gasteiger partial charge in [-0.3, -0.25) is 4.79 Å². The molecule has 1 fully saturated rings. The summed E-state index contributed by atoms with van der Waals surface area (Å²) in [5.74, 6) is 0.175. The van der Waals surface area contributed by atoms with Crippen LogP contribution >= 0.6 is 0 Å². The number of benzene rings is 2. The molecule has 0 aromatic heterocycles. The Hall–Kier alpha value is -2.17. The molecule has 0 saturated carbocycles. The number of rotatable bonds is 5. The number of ether oxygens (including phenoxy) is 1. The van der Waals surface area contributed by atoms with E-state index in [0.29, 0.717) is 13.1 Å². The highest BCUT2D eigenvalue weighted by Gasteiger charge is 2.28. The van der Waals surface area contributed by atoms with E-state index in [9.17, 15) is 9.90 Å². The third-order valence-corrected chi connectivity index (χ3v) is 4.85. The minimum absolute atomic E-state index is 0.00948. The Labute approximate surface area is 149 Å². The van der Waals surface area contributed by atoms with Crippen LogP contribution in [-0.2, 0) is 9.53 Å². The van der Waals surface area contributed by atoms with Gasteiger partial charge in [0.15, 0.2) is 0 Å². The number of carbonyl (C=O) groups excluding carboxylic acids is 1. The lowest BCUT2D eigenvalue weighted by atomic mass is 9.96. The number of β-amino-alcohol motifs (C(OH)–C–C–N with tert-alkyl or cyclic N) is 1. The molecule has 2 aromatic rings. The second kappa shape index (κ2) is 8.28. The summed E-state index contributed by atoms with van der Waals surface area (Å²) in [5.41, 5.74) is 2.04. The van der Waals surface area contributed by atoms with Gasteiger partial charge < -0.3 is 14.7 Å². The van der Waals surface area contributed by atoms with Crippen molar-refractivity contribution in [1.82, 2.24) is 4.90 Å². The molecule has 1 amide bonds. The van der Waals surface area contributed by atoms with E-state index in [1.54, 1.807) is 4.90 Å². The molecule has 25 heavy (non-hydrogen) atoms. The van der Waals surface area contributed by atoms with Gasteiger partial charge in [0.25, 0.3) is 0 Å². The molecule has 2 unspecified atom stereocenters. The predicted molar refractivity (Wildman–Crippen MR) is 97.0 cm³/mol. The van der Waals surface area contributed by atoms with E-state index in [0.717, 1.165) is 17.5 Å². The second-order valence-corrected chi connectivity index (χ2v) is 6.69. The lowest BCUT2D eigenvalue weighted by Gasteiger charge is -2.34. The second-order valence-electron chi connectivity index (χ2n) is 6.69. The molecular formula is C21H25NO3. The highest BCUT2D eigenvalue weighted by molar-refractivity contribution is 5.77. The van der Waals surface area contributed by atoms with Gasteiger partial charge in [0.1, 0.15) is 12.7 Å². The molecule has 2 atom stereocenters. The third kappa shape index (κ3) is 4.47. The van der Waals surface area contributed by atoms with Crippen LogP contribution in [0.3, 0.4) is 0 Å². The molecule has 0 radical (unpaired) electrons. The number of hydrogen-bond donors (Lipinski definition) is 1. The van der Waals surface area contributed by atoms with Crippen LogP contribution in [0, 0.1) is 5.92 Å². The van der Waals surface area contributed by atoms with E-state index in [1.165, 1.54) is 0 Å². The first-order valence-corrected chi connectivity index (χ1v) is 8.82. The number of amides is 1. The van der Waals surface area contributed by atoms with Crippen LogP contribution in [0.15, 0.2) is 60.7 Å². The van der Waals surface area contributed by atoms with E-state index in [-0.39, 0.29) is 24.5 Å². The van der Waals surface area contributed by atoms with E-state index < -0.39 is 6.10 Å². The summed E-state index contributed by atoms with van der Waals surface area (Å²) >= 11 is 0. The van der Waals surface area contributed by atoms with E-state index in [2.05, 4.69) is 0 Å². The number of aliphatic hydroxyl groups is 1. The van der Waals surface area contributed by atoms with Crippen LogP contribution in [0.5, 0.6) is 0 Å². The minimum atomic E-state index is -0.447. The first kappa shape index (κ1) is 17.6. The van der Waals surface area contributed by atoms with Gasteiger partial charge in [-0.05, 0) is 23.5 Å².